The van der Waals surface area contributed by atoms with Gasteiger partial charge in [0.15, 0.2) is 0 Å². The van der Waals surface area contributed by atoms with Gasteiger partial charge in [-0.2, -0.15) is 0 Å². The van der Waals surface area contributed by atoms with Crippen LogP contribution in [0.2, 0.25) is 0 Å². The van der Waals surface area contributed by atoms with Crippen molar-refractivity contribution in [2.45, 2.75) is 25.6 Å². The van der Waals surface area contributed by atoms with Crippen LogP contribution in [0.4, 0.5) is 4.79 Å². The van der Waals surface area contributed by atoms with Crippen LogP contribution in [0.5, 0.6) is 0 Å². The molecule has 7 heteroatoms. The van der Waals surface area contributed by atoms with Crippen LogP contribution in [0, 0.1) is 5.92 Å². The summed E-state index contributed by atoms with van der Waals surface area (Å²) in [7, 11) is 3.16. The first kappa shape index (κ1) is 15.7. The van der Waals surface area contributed by atoms with Gasteiger partial charge in [-0.15, -0.1) is 0 Å². The van der Waals surface area contributed by atoms with Crippen LogP contribution in [0.15, 0.2) is 0 Å². The molecule has 19 heavy (non-hydrogen) atoms. The molecule has 1 fully saturated rings. The van der Waals surface area contributed by atoms with Gasteiger partial charge in [0.25, 0.3) is 0 Å². The number of carbonyl (C=O) groups excluding carboxylic acids is 1. The van der Waals surface area contributed by atoms with Gasteiger partial charge in [-0.1, -0.05) is 6.92 Å². The highest BCUT2D eigenvalue weighted by atomic mass is 16.5. The first-order valence-electron chi connectivity index (χ1n) is 6.34. The molecular formula is C12H22N2O5. The molecule has 0 aliphatic carbocycles. The molecule has 7 nitrogen and oxygen atoms in total. The van der Waals surface area contributed by atoms with Gasteiger partial charge in [0.05, 0.1) is 19.0 Å². The number of nitrogens with one attached hydrogen (secondary N) is 1. The maximum Gasteiger partial charge on any atom is 0.317 e. The van der Waals surface area contributed by atoms with E-state index in [1.807, 2.05) is 0 Å². The molecule has 2 N–H and O–H groups in total. The van der Waals surface area contributed by atoms with Crippen molar-refractivity contribution in [2.75, 3.05) is 33.9 Å². The van der Waals surface area contributed by atoms with Crippen LogP contribution >= 0.6 is 0 Å². The fourth-order valence-electron chi connectivity index (χ4n) is 2.09. The van der Waals surface area contributed by atoms with E-state index in [-0.39, 0.29) is 24.8 Å². The van der Waals surface area contributed by atoms with E-state index in [1.165, 1.54) is 0 Å². The Kier molecular flexibility index (Phi) is 6.04. The van der Waals surface area contributed by atoms with Gasteiger partial charge in [-0.25, -0.2) is 4.79 Å². The number of ether oxygens (including phenoxy) is 2. The molecule has 1 aliphatic heterocycles. The Morgan fingerprint density at radius 3 is 2.21 bits per heavy atom. The Bertz CT molecular complexity index is 311. The Labute approximate surface area is 112 Å². The van der Waals surface area contributed by atoms with E-state index in [9.17, 15) is 9.59 Å². The zero-order chi connectivity index (χ0) is 14.4. The third-order valence-electron chi connectivity index (χ3n) is 3.45. The molecule has 1 rings (SSSR count). The molecule has 3 unspecified atom stereocenters. The summed E-state index contributed by atoms with van der Waals surface area (Å²) in [5, 5.41) is 11.5. The summed E-state index contributed by atoms with van der Waals surface area (Å²) in [6, 6.07) is -0.277. The number of carboxylic acid groups (broad SMARTS) is 1. The molecule has 0 bridgehead atoms. The van der Waals surface area contributed by atoms with Crippen LogP contribution in [-0.4, -0.2) is 68.1 Å². The van der Waals surface area contributed by atoms with Crippen molar-refractivity contribution in [3.05, 3.63) is 0 Å². The fraction of sp³-hybridized carbons (Fsp3) is 0.833. The third kappa shape index (κ3) is 4.07. The molecule has 1 saturated heterocycles. The van der Waals surface area contributed by atoms with Gasteiger partial charge in [-0.05, 0) is 6.42 Å². The van der Waals surface area contributed by atoms with E-state index in [0.29, 0.717) is 19.5 Å². The second-order valence-electron chi connectivity index (χ2n) is 4.58. The first-order chi connectivity index (χ1) is 9.03. The minimum Gasteiger partial charge on any atom is -0.481 e. The average Bonchev–Trinajstić information content (AvgIpc) is 2.82. The summed E-state index contributed by atoms with van der Waals surface area (Å²) < 4.78 is 10.5. The number of hydrogen-bond donors (Lipinski definition) is 2. The molecule has 0 saturated carbocycles. The predicted molar refractivity (Wildman–Crippen MR) is 68.0 cm³/mol. The second-order valence-corrected chi connectivity index (χ2v) is 4.58. The standard InChI is InChI=1S/C12H22N2O5/c1-4-8(11(15)16)5-13-12(17)14-6-9(18-2)10(7-14)19-3/h8-10H,4-7H2,1-3H3,(H,13,17)(H,15,16). The molecule has 1 heterocycles. The van der Waals surface area contributed by atoms with E-state index in [0.717, 1.165) is 0 Å². The number of carboxylic acids is 1. The summed E-state index contributed by atoms with van der Waals surface area (Å²) in [4.78, 5) is 24.4. The van der Waals surface area contributed by atoms with Gasteiger partial charge >= 0.3 is 12.0 Å². The highest BCUT2D eigenvalue weighted by Crippen LogP contribution is 2.15. The minimum atomic E-state index is -0.895. The lowest BCUT2D eigenvalue weighted by molar-refractivity contribution is -0.141. The van der Waals surface area contributed by atoms with Crippen LogP contribution in [0.1, 0.15) is 13.3 Å². The SMILES string of the molecule is CCC(CNC(=O)N1CC(OC)C(OC)C1)C(=O)O. The minimum absolute atomic E-state index is 0.135. The van der Waals surface area contributed by atoms with E-state index >= 15 is 0 Å². The number of methoxy groups -OCH3 is 2. The summed E-state index contributed by atoms with van der Waals surface area (Å²) in [5.41, 5.74) is 0. The topological polar surface area (TPSA) is 88.1 Å². The van der Waals surface area contributed by atoms with Crippen LogP contribution in [0.3, 0.4) is 0 Å². The Morgan fingerprint density at radius 1 is 1.32 bits per heavy atom. The maximum absolute atomic E-state index is 11.9. The molecule has 0 aromatic heterocycles. The third-order valence-corrected chi connectivity index (χ3v) is 3.45. The Hall–Kier alpha value is -1.34. The molecule has 0 spiro atoms. The van der Waals surface area contributed by atoms with Gasteiger partial charge in [-0.3, -0.25) is 4.79 Å². The quantitative estimate of drug-likeness (QED) is 0.720. The first-order valence-corrected chi connectivity index (χ1v) is 6.34. The lowest BCUT2D eigenvalue weighted by Gasteiger charge is -2.18. The zero-order valence-corrected chi connectivity index (χ0v) is 11.6. The van der Waals surface area contributed by atoms with Crippen LogP contribution in [0.25, 0.3) is 0 Å². The highest BCUT2D eigenvalue weighted by Gasteiger charge is 2.35. The van der Waals surface area contributed by atoms with Crippen molar-refractivity contribution in [1.29, 1.82) is 0 Å². The van der Waals surface area contributed by atoms with Crippen molar-refractivity contribution in [2.24, 2.45) is 5.92 Å². The number of hydrogen-bond acceptors (Lipinski definition) is 4. The molecule has 0 aromatic rings. The molecule has 110 valence electrons. The van der Waals surface area contributed by atoms with Crippen molar-refractivity contribution < 1.29 is 24.2 Å². The maximum atomic E-state index is 11.9. The van der Waals surface area contributed by atoms with Gasteiger partial charge in [0.2, 0.25) is 0 Å². The number of likely N-dealkylation sites (tertiary alicyclic amines) is 1. The van der Waals surface area contributed by atoms with Crippen molar-refractivity contribution in [1.82, 2.24) is 10.2 Å². The number of carbonyl (C=O) groups is 2. The summed E-state index contributed by atoms with van der Waals surface area (Å²) in [6.07, 6.45) is 0.200. The lowest BCUT2D eigenvalue weighted by atomic mass is 10.1. The summed E-state index contributed by atoms with van der Waals surface area (Å²) >= 11 is 0. The van der Waals surface area contributed by atoms with E-state index in [2.05, 4.69) is 5.32 Å². The number of aliphatic carboxylic acids is 1. The molecule has 0 radical (unpaired) electrons. The predicted octanol–water partition coefficient (Wildman–Crippen LogP) is 0.152. The normalized spacial score (nSPS) is 24.3. The molecule has 0 aromatic carbocycles. The van der Waals surface area contributed by atoms with E-state index in [1.54, 1.807) is 26.0 Å². The Balaban J connectivity index is 2.44. The zero-order valence-electron chi connectivity index (χ0n) is 11.6. The molecule has 2 amide bonds. The smallest absolute Gasteiger partial charge is 0.317 e. The number of rotatable bonds is 6. The molecule has 1 aliphatic rings. The van der Waals surface area contributed by atoms with Gasteiger partial charge < -0.3 is 24.8 Å². The van der Waals surface area contributed by atoms with E-state index in [4.69, 9.17) is 14.6 Å². The molecular weight excluding hydrogens is 252 g/mol. The number of urea groups is 1. The average molecular weight is 274 g/mol. The fourth-order valence-corrected chi connectivity index (χ4v) is 2.09. The number of amides is 2. The van der Waals surface area contributed by atoms with Crippen molar-refractivity contribution >= 4 is 12.0 Å². The summed E-state index contributed by atoms with van der Waals surface area (Å²) in [6.45, 7) is 2.81. The summed E-state index contributed by atoms with van der Waals surface area (Å²) in [5.74, 6) is -1.45. The van der Waals surface area contributed by atoms with Crippen LogP contribution < -0.4 is 5.32 Å². The monoisotopic (exact) mass is 274 g/mol. The largest absolute Gasteiger partial charge is 0.481 e. The van der Waals surface area contributed by atoms with Crippen molar-refractivity contribution in [3.63, 3.8) is 0 Å². The lowest BCUT2D eigenvalue weighted by Crippen LogP contribution is -2.42. The van der Waals surface area contributed by atoms with Crippen LogP contribution in [-0.2, 0) is 14.3 Å². The second kappa shape index (κ2) is 7.30. The van der Waals surface area contributed by atoms with Crippen molar-refractivity contribution in [3.8, 4) is 0 Å². The van der Waals surface area contributed by atoms with E-state index < -0.39 is 11.9 Å². The van der Waals surface area contributed by atoms with Gasteiger partial charge in [0.1, 0.15) is 12.2 Å². The van der Waals surface area contributed by atoms with Gasteiger partial charge in [0, 0.05) is 20.8 Å². The molecule has 3 atom stereocenters. The Morgan fingerprint density at radius 2 is 1.84 bits per heavy atom. The number of nitrogens with zero attached hydrogens (tertiary/aromatic N) is 1. The highest BCUT2D eigenvalue weighted by molar-refractivity contribution is 5.76.